The Morgan fingerprint density at radius 2 is 2.04 bits per heavy atom. The Morgan fingerprint density at radius 1 is 1.21 bits per heavy atom. The van der Waals surface area contributed by atoms with Gasteiger partial charge in [0, 0.05) is 11.3 Å². The summed E-state index contributed by atoms with van der Waals surface area (Å²) in [6, 6.07) is 13.9. The number of thioether (sulfide) groups is 1. The van der Waals surface area contributed by atoms with Gasteiger partial charge in [-0.1, -0.05) is 41.6 Å². The smallest absolute Gasteiger partial charge is 0.338 e. The summed E-state index contributed by atoms with van der Waals surface area (Å²) >= 11 is 7.34. The molecule has 2 N–H and O–H groups in total. The molecule has 3 aromatic rings. The Labute approximate surface area is 170 Å². The van der Waals surface area contributed by atoms with Crippen molar-refractivity contribution in [2.75, 3.05) is 17.7 Å². The molecule has 1 amide bonds. The maximum absolute atomic E-state index is 12.2. The number of rotatable bonds is 7. The van der Waals surface area contributed by atoms with Crippen LogP contribution in [0.5, 0.6) is 0 Å². The summed E-state index contributed by atoms with van der Waals surface area (Å²) in [5.41, 5.74) is 1.64. The van der Waals surface area contributed by atoms with E-state index in [1.807, 2.05) is 18.2 Å². The first kappa shape index (κ1) is 19.9. The monoisotopic (exact) mass is 416 g/mol. The minimum absolute atomic E-state index is 0.115. The number of halogens is 1. The third kappa shape index (κ3) is 5.11. The highest BCUT2D eigenvalue weighted by molar-refractivity contribution is 7.99. The van der Waals surface area contributed by atoms with Crippen molar-refractivity contribution < 1.29 is 14.3 Å². The zero-order valence-electron chi connectivity index (χ0n) is 14.9. The summed E-state index contributed by atoms with van der Waals surface area (Å²) in [7, 11) is 0. The normalized spacial score (nSPS) is 10.5. The van der Waals surface area contributed by atoms with Crippen LogP contribution in [0.1, 0.15) is 17.3 Å². The number of nitrogens with zero attached hydrogens (tertiary/aromatic N) is 2. The van der Waals surface area contributed by atoms with Gasteiger partial charge in [-0.2, -0.15) is 0 Å². The van der Waals surface area contributed by atoms with E-state index in [4.69, 9.17) is 16.3 Å². The first-order valence-electron chi connectivity index (χ1n) is 8.44. The van der Waals surface area contributed by atoms with Gasteiger partial charge < -0.3 is 10.1 Å². The van der Waals surface area contributed by atoms with Crippen LogP contribution in [0, 0.1) is 0 Å². The number of H-pyrrole nitrogens is 1. The lowest BCUT2D eigenvalue weighted by atomic mass is 10.2. The van der Waals surface area contributed by atoms with E-state index in [1.165, 1.54) is 11.8 Å². The maximum Gasteiger partial charge on any atom is 0.338 e. The average Bonchev–Trinajstić information content (AvgIpc) is 3.16. The Balaban J connectivity index is 1.57. The van der Waals surface area contributed by atoms with Crippen LogP contribution in [-0.2, 0) is 9.53 Å². The number of carbonyl (C=O) groups excluding carboxylic acids is 2. The predicted octanol–water partition coefficient (Wildman–Crippen LogP) is 4.03. The molecule has 0 saturated carbocycles. The Bertz CT molecular complexity index is 993. The number of carbonyl (C=O) groups is 2. The fourth-order valence-corrected chi connectivity index (χ4v) is 3.17. The van der Waals surface area contributed by atoms with Crippen LogP contribution >= 0.6 is 23.4 Å². The van der Waals surface area contributed by atoms with Gasteiger partial charge in [0.05, 0.1) is 22.9 Å². The Hall–Kier alpha value is -2.84. The van der Waals surface area contributed by atoms with Gasteiger partial charge in [-0.3, -0.25) is 9.89 Å². The molecule has 144 valence electrons. The van der Waals surface area contributed by atoms with E-state index < -0.39 is 5.97 Å². The van der Waals surface area contributed by atoms with E-state index in [2.05, 4.69) is 20.5 Å². The molecule has 0 unspecified atom stereocenters. The molecule has 3 rings (SSSR count). The van der Waals surface area contributed by atoms with E-state index in [-0.39, 0.29) is 11.7 Å². The van der Waals surface area contributed by atoms with Crippen molar-refractivity contribution in [1.82, 2.24) is 15.2 Å². The highest BCUT2D eigenvalue weighted by Crippen LogP contribution is 2.26. The zero-order valence-corrected chi connectivity index (χ0v) is 16.5. The fraction of sp³-hybridized carbons (Fsp3) is 0.158. The van der Waals surface area contributed by atoms with Gasteiger partial charge in [-0.05, 0) is 37.3 Å². The average molecular weight is 417 g/mol. The number of aromatic amines is 1. The molecule has 0 atom stereocenters. The number of hydrogen-bond acceptors (Lipinski definition) is 6. The maximum atomic E-state index is 12.2. The van der Waals surface area contributed by atoms with Crippen LogP contribution in [0.4, 0.5) is 5.69 Å². The van der Waals surface area contributed by atoms with Crippen molar-refractivity contribution >= 4 is 40.9 Å². The van der Waals surface area contributed by atoms with Crippen molar-refractivity contribution in [3.05, 3.63) is 59.1 Å². The highest BCUT2D eigenvalue weighted by atomic mass is 35.5. The minimum Gasteiger partial charge on any atom is -0.462 e. The molecule has 0 saturated heterocycles. The molecular formula is C19H17ClN4O3S. The van der Waals surface area contributed by atoms with Gasteiger partial charge in [0.25, 0.3) is 0 Å². The Kier molecular flexibility index (Phi) is 6.67. The third-order valence-corrected chi connectivity index (χ3v) is 4.76. The van der Waals surface area contributed by atoms with Crippen LogP contribution in [-0.4, -0.2) is 39.4 Å². The molecule has 1 aromatic heterocycles. The number of aromatic nitrogens is 3. The molecule has 0 radical (unpaired) electrons. The first-order valence-corrected chi connectivity index (χ1v) is 9.80. The lowest BCUT2D eigenvalue weighted by Crippen LogP contribution is -2.14. The van der Waals surface area contributed by atoms with E-state index in [9.17, 15) is 9.59 Å². The lowest BCUT2D eigenvalue weighted by molar-refractivity contribution is -0.113. The highest BCUT2D eigenvalue weighted by Gasteiger charge is 2.12. The van der Waals surface area contributed by atoms with Crippen LogP contribution in [0.2, 0.25) is 5.02 Å². The van der Waals surface area contributed by atoms with Crippen molar-refractivity contribution in [3.8, 4) is 11.4 Å². The molecule has 0 aliphatic rings. The molecule has 9 heteroatoms. The predicted molar refractivity (Wildman–Crippen MR) is 109 cm³/mol. The summed E-state index contributed by atoms with van der Waals surface area (Å²) in [5, 5.41) is 10.7. The van der Waals surface area contributed by atoms with Crippen molar-refractivity contribution in [3.63, 3.8) is 0 Å². The summed E-state index contributed by atoms with van der Waals surface area (Å²) in [6.07, 6.45) is 0. The van der Waals surface area contributed by atoms with Crippen molar-refractivity contribution in [1.29, 1.82) is 0 Å². The molecule has 0 aliphatic heterocycles. The summed E-state index contributed by atoms with van der Waals surface area (Å²) in [5.74, 6) is -0.0183. The van der Waals surface area contributed by atoms with Gasteiger partial charge in [0.1, 0.15) is 0 Å². The number of hydrogen-bond donors (Lipinski definition) is 2. The topological polar surface area (TPSA) is 97.0 Å². The largest absolute Gasteiger partial charge is 0.462 e. The molecule has 28 heavy (non-hydrogen) atoms. The molecule has 1 heterocycles. The van der Waals surface area contributed by atoms with Gasteiger partial charge in [0.15, 0.2) is 5.82 Å². The second-order valence-corrected chi connectivity index (χ2v) is 6.93. The number of anilines is 1. The number of nitrogens with one attached hydrogen (secondary N) is 2. The van der Waals surface area contributed by atoms with Crippen LogP contribution in [0.25, 0.3) is 11.4 Å². The summed E-state index contributed by atoms with van der Waals surface area (Å²) < 4.78 is 4.96. The lowest BCUT2D eigenvalue weighted by Gasteiger charge is -2.06. The van der Waals surface area contributed by atoms with Gasteiger partial charge in [-0.15, -0.1) is 5.10 Å². The number of esters is 1. The first-order chi connectivity index (χ1) is 13.6. The van der Waals surface area contributed by atoms with E-state index >= 15 is 0 Å². The molecule has 0 spiro atoms. The third-order valence-electron chi connectivity index (χ3n) is 3.58. The number of amides is 1. The summed E-state index contributed by atoms with van der Waals surface area (Å²) in [4.78, 5) is 28.3. The van der Waals surface area contributed by atoms with Crippen molar-refractivity contribution in [2.45, 2.75) is 12.1 Å². The molecule has 2 aromatic carbocycles. The molecule has 0 aliphatic carbocycles. The van der Waals surface area contributed by atoms with Gasteiger partial charge in [-0.25, -0.2) is 9.78 Å². The molecular weight excluding hydrogens is 400 g/mol. The SMILES string of the molecule is CCOC(=O)c1cccc(NC(=O)CSc2n[nH]c(-c3ccccc3Cl)n2)c1. The van der Waals surface area contributed by atoms with Crippen LogP contribution in [0.15, 0.2) is 53.7 Å². The van der Waals surface area contributed by atoms with Gasteiger partial charge in [0.2, 0.25) is 11.1 Å². The standard InChI is InChI=1S/C19H17ClN4O3S/c1-2-27-18(26)12-6-5-7-13(10-12)21-16(25)11-28-19-22-17(23-24-19)14-8-3-4-9-15(14)20/h3-10H,2,11H2,1H3,(H,21,25)(H,22,23,24). The van der Waals surface area contributed by atoms with Crippen LogP contribution in [0.3, 0.4) is 0 Å². The quantitative estimate of drug-likeness (QED) is 0.445. The second kappa shape index (κ2) is 9.38. The fourth-order valence-electron chi connectivity index (χ4n) is 2.35. The molecule has 0 bridgehead atoms. The number of ether oxygens (including phenoxy) is 1. The molecule has 0 fully saturated rings. The molecule has 7 nitrogen and oxygen atoms in total. The Morgan fingerprint density at radius 3 is 2.82 bits per heavy atom. The number of benzene rings is 2. The zero-order chi connectivity index (χ0) is 19.9. The minimum atomic E-state index is -0.430. The summed E-state index contributed by atoms with van der Waals surface area (Å²) in [6.45, 7) is 2.03. The van der Waals surface area contributed by atoms with E-state index in [0.717, 1.165) is 5.56 Å². The van der Waals surface area contributed by atoms with Crippen LogP contribution < -0.4 is 5.32 Å². The van der Waals surface area contributed by atoms with Crippen molar-refractivity contribution in [2.24, 2.45) is 0 Å². The van der Waals surface area contributed by atoms with E-state index in [1.54, 1.807) is 37.3 Å². The van der Waals surface area contributed by atoms with E-state index in [0.29, 0.717) is 33.9 Å². The second-order valence-electron chi connectivity index (χ2n) is 5.58. The van der Waals surface area contributed by atoms with Gasteiger partial charge >= 0.3 is 5.97 Å².